The molecule has 16 heavy (non-hydrogen) atoms. The van der Waals surface area contributed by atoms with E-state index in [1.165, 1.54) is 6.07 Å². The Labute approximate surface area is 108 Å². The third kappa shape index (κ3) is 4.92. The van der Waals surface area contributed by atoms with E-state index in [1.807, 2.05) is 0 Å². The molecule has 0 radical (unpaired) electrons. The maximum atomic E-state index is 12.9. The number of hydrogen-bond acceptors (Lipinski definition) is 2. The third-order valence-electron chi connectivity index (χ3n) is 1.82. The van der Waals surface area contributed by atoms with Gasteiger partial charge in [0.25, 0.3) is 0 Å². The van der Waals surface area contributed by atoms with Crippen molar-refractivity contribution in [2.45, 2.75) is 6.42 Å². The lowest BCUT2D eigenvalue weighted by atomic mass is 10.1. The minimum absolute atomic E-state index is 0. The van der Waals surface area contributed by atoms with Crippen LogP contribution in [0.1, 0.15) is 5.56 Å². The third-order valence-corrected chi connectivity index (χ3v) is 2.42. The highest BCUT2D eigenvalue weighted by Gasteiger charge is 2.05. The first kappa shape index (κ1) is 15.3. The fraction of sp³-hybridized carbons (Fsp3) is 0.300. The summed E-state index contributed by atoms with van der Waals surface area (Å²) in [5, 5.41) is 2.64. The number of nitrogens with one attached hydrogen (secondary N) is 1. The molecule has 0 atom stereocenters. The molecule has 0 spiro atoms. The van der Waals surface area contributed by atoms with Gasteiger partial charge >= 0.3 is 0 Å². The first-order chi connectivity index (χ1) is 7.13. The molecule has 0 fully saturated rings. The summed E-state index contributed by atoms with van der Waals surface area (Å²) in [5.74, 6) is -0.444. The highest BCUT2D eigenvalue weighted by molar-refractivity contribution is 9.10. The number of nitrogens with two attached hydrogens (primary N) is 1. The number of carbonyl (C=O) groups excluding carboxylic acids is 1. The predicted octanol–water partition coefficient (Wildman–Crippen LogP) is 1.63. The van der Waals surface area contributed by atoms with Crippen LogP contribution in [0.25, 0.3) is 0 Å². The van der Waals surface area contributed by atoms with Crippen LogP contribution in [0.4, 0.5) is 4.39 Å². The van der Waals surface area contributed by atoms with Crippen LogP contribution >= 0.6 is 28.3 Å². The largest absolute Gasteiger partial charge is 0.355 e. The molecule has 0 saturated heterocycles. The van der Waals surface area contributed by atoms with Gasteiger partial charge in [-0.15, -0.1) is 12.4 Å². The lowest BCUT2D eigenvalue weighted by Gasteiger charge is -2.04. The van der Waals surface area contributed by atoms with E-state index in [0.717, 1.165) is 5.56 Å². The second-order valence-corrected chi connectivity index (χ2v) is 3.92. The van der Waals surface area contributed by atoms with Gasteiger partial charge in [0.05, 0.1) is 10.9 Å². The molecule has 3 N–H and O–H groups in total. The van der Waals surface area contributed by atoms with Gasteiger partial charge in [-0.05, 0) is 33.6 Å². The summed E-state index contributed by atoms with van der Waals surface area (Å²) in [5.41, 5.74) is 6.00. The van der Waals surface area contributed by atoms with Crippen LogP contribution in [-0.4, -0.2) is 19.0 Å². The number of carbonyl (C=O) groups is 1. The SMILES string of the molecule is Cl.NCCNC(=O)Cc1ccc(F)c(Br)c1. The van der Waals surface area contributed by atoms with Crippen LogP contribution in [0, 0.1) is 5.82 Å². The molecule has 0 aliphatic heterocycles. The Morgan fingerprint density at radius 1 is 1.50 bits per heavy atom. The monoisotopic (exact) mass is 310 g/mol. The van der Waals surface area contributed by atoms with E-state index in [4.69, 9.17) is 5.73 Å². The molecule has 1 rings (SSSR count). The summed E-state index contributed by atoms with van der Waals surface area (Å²) in [4.78, 5) is 11.3. The summed E-state index contributed by atoms with van der Waals surface area (Å²) in [6.07, 6.45) is 0.235. The van der Waals surface area contributed by atoms with Crippen LogP contribution < -0.4 is 11.1 Å². The van der Waals surface area contributed by atoms with E-state index in [2.05, 4.69) is 21.2 Å². The summed E-state index contributed by atoms with van der Waals surface area (Å²) in [6.45, 7) is 0.875. The van der Waals surface area contributed by atoms with Crippen molar-refractivity contribution in [2.75, 3.05) is 13.1 Å². The molecule has 0 saturated carbocycles. The molecule has 3 nitrogen and oxygen atoms in total. The lowest BCUT2D eigenvalue weighted by molar-refractivity contribution is -0.120. The van der Waals surface area contributed by atoms with Crippen LogP contribution in [0.5, 0.6) is 0 Å². The average Bonchev–Trinajstić information content (AvgIpc) is 2.20. The second kappa shape index (κ2) is 7.60. The van der Waals surface area contributed by atoms with Crippen LogP contribution in [0.2, 0.25) is 0 Å². The smallest absolute Gasteiger partial charge is 0.224 e. The van der Waals surface area contributed by atoms with Crippen molar-refractivity contribution in [2.24, 2.45) is 5.73 Å². The molecule has 6 heteroatoms. The van der Waals surface area contributed by atoms with Crippen molar-refractivity contribution >= 4 is 34.2 Å². The van der Waals surface area contributed by atoms with Crippen LogP contribution in [0.3, 0.4) is 0 Å². The zero-order chi connectivity index (χ0) is 11.3. The molecule has 1 amide bonds. The number of halogens is 3. The van der Waals surface area contributed by atoms with Gasteiger partial charge in [-0.3, -0.25) is 4.79 Å². The summed E-state index contributed by atoms with van der Waals surface area (Å²) < 4.78 is 13.2. The Hall–Kier alpha value is -0.650. The van der Waals surface area contributed by atoms with Crippen molar-refractivity contribution in [1.82, 2.24) is 5.32 Å². The maximum Gasteiger partial charge on any atom is 0.224 e. The second-order valence-electron chi connectivity index (χ2n) is 3.06. The van der Waals surface area contributed by atoms with Gasteiger partial charge in [-0.2, -0.15) is 0 Å². The zero-order valence-electron chi connectivity index (χ0n) is 8.50. The highest BCUT2D eigenvalue weighted by atomic mass is 79.9. The number of amides is 1. The van der Waals surface area contributed by atoms with Crippen LogP contribution in [0.15, 0.2) is 22.7 Å². The van der Waals surface area contributed by atoms with E-state index in [0.29, 0.717) is 17.6 Å². The molecule has 0 unspecified atom stereocenters. The molecule has 1 aromatic rings. The topological polar surface area (TPSA) is 55.1 Å². The van der Waals surface area contributed by atoms with Gasteiger partial charge < -0.3 is 11.1 Å². The summed E-state index contributed by atoms with van der Waals surface area (Å²) >= 11 is 3.06. The van der Waals surface area contributed by atoms with Gasteiger partial charge in [0, 0.05) is 13.1 Å². The van der Waals surface area contributed by atoms with Gasteiger partial charge in [0.2, 0.25) is 5.91 Å². The fourth-order valence-corrected chi connectivity index (χ4v) is 1.54. The average molecular weight is 312 g/mol. The Morgan fingerprint density at radius 3 is 2.75 bits per heavy atom. The van der Waals surface area contributed by atoms with Gasteiger partial charge in [-0.25, -0.2) is 4.39 Å². The summed E-state index contributed by atoms with van der Waals surface area (Å²) in [7, 11) is 0. The predicted molar refractivity (Wildman–Crippen MR) is 67.1 cm³/mol. The van der Waals surface area contributed by atoms with Crippen molar-refractivity contribution in [3.05, 3.63) is 34.1 Å². The fourth-order valence-electron chi connectivity index (χ4n) is 1.11. The number of rotatable bonds is 4. The van der Waals surface area contributed by atoms with Crippen molar-refractivity contribution in [3.63, 3.8) is 0 Å². The Kier molecular flexibility index (Phi) is 7.29. The molecule has 0 aliphatic rings. The first-order valence-electron chi connectivity index (χ1n) is 4.54. The first-order valence-corrected chi connectivity index (χ1v) is 5.33. The van der Waals surface area contributed by atoms with E-state index >= 15 is 0 Å². The van der Waals surface area contributed by atoms with Crippen molar-refractivity contribution < 1.29 is 9.18 Å². The van der Waals surface area contributed by atoms with Gasteiger partial charge in [0.15, 0.2) is 0 Å². The maximum absolute atomic E-state index is 12.9. The Balaban J connectivity index is 0.00000225. The molecule has 90 valence electrons. The van der Waals surface area contributed by atoms with E-state index in [-0.39, 0.29) is 30.6 Å². The van der Waals surface area contributed by atoms with E-state index < -0.39 is 0 Å². The number of hydrogen-bond donors (Lipinski definition) is 2. The van der Waals surface area contributed by atoms with Gasteiger partial charge in [-0.1, -0.05) is 6.07 Å². The normalized spacial score (nSPS) is 9.44. The van der Waals surface area contributed by atoms with E-state index in [1.54, 1.807) is 12.1 Å². The minimum Gasteiger partial charge on any atom is -0.355 e. The van der Waals surface area contributed by atoms with Crippen molar-refractivity contribution in [3.8, 4) is 0 Å². The molecule has 1 aromatic carbocycles. The molecular formula is C10H13BrClFN2O. The molecule has 0 aromatic heterocycles. The van der Waals surface area contributed by atoms with Crippen molar-refractivity contribution in [1.29, 1.82) is 0 Å². The minimum atomic E-state index is -0.332. The Bertz CT molecular complexity index is 363. The summed E-state index contributed by atoms with van der Waals surface area (Å²) in [6, 6.07) is 4.51. The number of benzene rings is 1. The molecule has 0 heterocycles. The van der Waals surface area contributed by atoms with E-state index in [9.17, 15) is 9.18 Å². The van der Waals surface area contributed by atoms with Crippen LogP contribution in [-0.2, 0) is 11.2 Å². The molecule has 0 bridgehead atoms. The zero-order valence-corrected chi connectivity index (χ0v) is 10.9. The highest BCUT2D eigenvalue weighted by Crippen LogP contribution is 2.16. The standard InChI is InChI=1S/C10H12BrFN2O.ClH/c11-8-5-7(1-2-9(8)12)6-10(15)14-4-3-13;/h1-2,5H,3-4,6,13H2,(H,14,15);1H. The molecular weight excluding hydrogens is 298 g/mol. The lowest BCUT2D eigenvalue weighted by Crippen LogP contribution is -2.30. The Morgan fingerprint density at radius 2 is 2.19 bits per heavy atom. The quantitative estimate of drug-likeness (QED) is 0.888. The molecule has 0 aliphatic carbocycles. The van der Waals surface area contributed by atoms with Gasteiger partial charge in [0.1, 0.15) is 5.82 Å².